The summed E-state index contributed by atoms with van der Waals surface area (Å²) in [7, 11) is 1.00. The van der Waals surface area contributed by atoms with Crippen molar-refractivity contribution in [3.8, 4) is 0 Å². The zero-order chi connectivity index (χ0) is 31.9. The number of hydrogen-bond donors (Lipinski definition) is 3. The predicted molar refractivity (Wildman–Crippen MR) is 167 cm³/mol. The highest BCUT2D eigenvalue weighted by molar-refractivity contribution is 6.17. The quantitative estimate of drug-likeness (QED) is 0.105. The van der Waals surface area contributed by atoms with Crippen LogP contribution >= 0.6 is 0 Å². The van der Waals surface area contributed by atoms with E-state index >= 15 is 0 Å². The maximum atomic E-state index is 12.4. The highest BCUT2D eigenvalue weighted by Crippen LogP contribution is 2.37. The van der Waals surface area contributed by atoms with Gasteiger partial charge < -0.3 is 39.1 Å². The lowest BCUT2D eigenvalue weighted by Crippen LogP contribution is -2.18. The van der Waals surface area contributed by atoms with Gasteiger partial charge in [-0.3, -0.25) is 0 Å². The van der Waals surface area contributed by atoms with Gasteiger partial charge in [0.15, 0.2) is 0 Å². The molecule has 1 aliphatic carbocycles. The number of allylic oxidation sites excluding steroid dienone is 1. The molecular formula is C34H50O9. The van der Waals surface area contributed by atoms with Gasteiger partial charge in [-0.25, -0.2) is 4.79 Å². The Kier molecular flexibility index (Phi) is 20.6. The van der Waals surface area contributed by atoms with Crippen LogP contribution in [0.3, 0.4) is 0 Å². The normalized spacial score (nSPS) is 13.5. The number of carbonyl (C=O) groups is 2. The molecule has 1 aliphatic rings. The number of aryl methyl sites for hydroxylation is 3. The van der Waals surface area contributed by atoms with E-state index in [2.05, 4.69) is 12.1 Å². The van der Waals surface area contributed by atoms with Crippen molar-refractivity contribution in [2.24, 2.45) is 5.92 Å². The number of benzene rings is 2. The topological polar surface area (TPSA) is 132 Å². The predicted octanol–water partition coefficient (Wildman–Crippen LogP) is 5.04. The van der Waals surface area contributed by atoms with Crippen molar-refractivity contribution in [3.05, 3.63) is 76.0 Å². The summed E-state index contributed by atoms with van der Waals surface area (Å²) < 4.78 is 21.1. The van der Waals surface area contributed by atoms with Crippen molar-refractivity contribution in [1.29, 1.82) is 0 Å². The van der Waals surface area contributed by atoms with Crippen LogP contribution in [-0.4, -0.2) is 80.9 Å². The molecule has 0 saturated heterocycles. The first kappa shape index (κ1) is 37.9. The number of aliphatic hydroxyl groups is 2. The Labute approximate surface area is 256 Å². The van der Waals surface area contributed by atoms with Crippen LogP contribution in [0.1, 0.15) is 59.9 Å². The van der Waals surface area contributed by atoms with E-state index in [-0.39, 0.29) is 19.1 Å². The van der Waals surface area contributed by atoms with Crippen LogP contribution in [0.25, 0.3) is 5.57 Å². The van der Waals surface area contributed by atoms with Gasteiger partial charge in [0.1, 0.15) is 30.8 Å². The second-order valence-corrected chi connectivity index (χ2v) is 10.1. The van der Waals surface area contributed by atoms with Gasteiger partial charge in [-0.2, -0.15) is 0 Å². The molecule has 43 heavy (non-hydrogen) atoms. The number of hydrogen-bond acceptors (Lipinski definition) is 8. The van der Waals surface area contributed by atoms with Crippen LogP contribution in [0, 0.1) is 26.7 Å². The Balaban J connectivity index is 0.000000521. The Morgan fingerprint density at radius 2 is 1.42 bits per heavy atom. The first-order chi connectivity index (χ1) is 20.9. The summed E-state index contributed by atoms with van der Waals surface area (Å²) in [5.74, 6) is -0.0709. The number of ether oxygens (including phenoxy) is 4. The molecule has 2 aromatic carbocycles. The first-order valence-corrected chi connectivity index (χ1v) is 14.8. The Bertz CT molecular complexity index is 1050. The summed E-state index contributed by atoms with van der Waals surface area (Å²) in [5.41, 5.74) is 5.34. The molecule has 9 nitrogen and oxygen atoms in total. The van der Waals surface area contributed by atoms with Gasteiger partial charge in [0.25, 0.3) is 0 Å². The third-order valence-corrected chi connectivity index (χ3v) is 6.77. The molecule has 0 unspecified atom stereocenters. The standard InChI is InChI=1S/C25H30O3.C8H16O5.CH4O/c1-17-14-18(2)22(19(3)15-17)23(25(26)27)24(21-12-8-5-9-13-21)28-16-20-10-6-4-7-11-20;9-1-3-11-5-7-13-8-6-12-4-2-10;1-2/h4,6-7,10-11,14-15,21H,5,8-9,12-13,16H2,1-3H3,(H,26,27);1,10H,2-8H2;2H,1H3/b24-23+;;. The summed E-state index contributed by atoms with van der Waals surface area (Å²) in [5, 5.41) is 25.6. The van der Waals surface area contributed by atoms with Crippen LogP contribution in [0.5, 0.6) is 0 Å². The van der Waals surface area contributed by atoms with Gasteiger partial charge in [0.2, 0.25) is 0 Å². The molecule has 3 rings (SSSR count). The largest absolute Gasteiger partial charge is 0.492 e. The van der Waals surface area contributed by atoms with Crippen molar-refractivity contribution >= 4 is 17.8 Å². The Morgan fingerprint density at radius 1 is 0.860 bits per heavy atom. The molecule has 0 aromatic heterocycles. The number of aldehydes is 1. The lowest BCUT2D eigenvalue weighted by atomic mass is 9.83. The van der Waals surface area contributed by atoms with Gasteiger partial charge in [-0.05, 0) is 55.9 Å². The Morgan fingerprint density at radius 3 is 1.95 bits per heavy atom. The number of aliphatic hydroxyl groups excluding tert-OH is 2. The Hall–Kier alpha value is -3.08. The van der Waals surface area contributed by atoms with Crippen LogP contribution in [0.15, 0.2) is 48.2 Å². The highest BCUT2D eigenvalue weighted by Gasteiger charge is 2.29. The molecular weight excluding hydrogens is 552 g/mol. The molecule has 0 spiro atoms. The van der Waals surface area contributed by atoms with Gasteiger partial charge in [0, 0.05) is 13.0 Å². The SMILES string of the molecule is CO.Cc1cc(C)c(/C(C(=O)O)=C(\OCc2ccccc2)C2CCCCC2)c(C)c1.O=CCOCCOCCOCCO. The van der Waals surface area contributed by atoms with E-state index in [4.69, 9.17) is 29.2 Å². The maximum absolute atomic E-state index is 12.4. The van der Waals surface area contributed by atoms with E-state index in [9.17, 15) is 14.7 Å². The first-order valence-electron chi connectivity index (χ1n) is 14.8. The monoisotopic (exact) mass is 602 g/mol. The number of carbonyl (C=O) groups excluding carboxylic acids is 1. The molecule has 0 aliphatic heterocycles. The molecule has 2 aromatic rings. The van der Waals surface area contributed by atoms with Crippen molar-refractivity contribution in [1.82, 2.24) is 0 Å². The van der Waals surface area contributed by atoms with E-state index < -0.39 is 5.97 Å². The molecule has 1 fully saturated rings. The van der Waals surface area contributed by atoms with Crippen LogP contribution < -0.4 is 0 Å². The second kappa shape index (κ2) is 23.4. The molecule has 0 atom stereocenters. The average molecular weight is 603 g/mol. The van der Waals surface area contributed by atoms with Crippen LogP contribution in [0.4, 0.5) is 0 Å². The molecule has 1 saturated carbocycles. The van der Waals surface area contributed by atoms with Crippen LogP contribution in [0.2, 0.25) is 0 Å². The minimum absolute atomic E-state index is 0.0302. The lowest BCUT2D eigenvalue weighted by molar-refractivity contribution is -0.130. The number of carboxylic acid groups (broad SMARTS) is 1. The summed E-state index contributed by atoms with van der Waals surface area (Å²) in [6, 6.07) is 14.1. The molecule has 0 radical (unpaired) electrons. The minimum Gasteiger partial charge on any atom is -0.492 e. The lowest BCUT2D eigenvalue weighted by Gasteiger charge is -2.27. The third-order valence-electron chi connectivity index (χ3n) is 6.77. The summed E-state index contributed by atoms with van der Waals surface area (Å²) in [6.07, 6.45) is 6.15. The fraction of sp³-hybridized carbons (Fsp3) is 0.529. The van der Waals surface area contributed by atoms with Crippen LogP contribution in [-0.2, 0) is 35.1 Å². The van der Waals surface area contributed by atoms with Crippen molar-refractivity contribution in [2.75, 3.05) is 53.4 Å². The van der Waals surface area contributed by atoms with Gasteiger partial charge in [0.05, 0.1) is 39.6 Å². The van der Waals surface area contributed by atoms with Gasteiger partial charge in [-0.15, -0.1) is 0 Å². The maximum Gasteiger partial charge on any atom is 0.339 e. The minimum atomic E-state index is -0.899. The molecule has 0 amide bonds. The summed E-state index contributed by atoms with van der Waals surface area (Å²) >= 11 is 0. The van der Waals surface area contributed by atoms with E-state index in [1.165, 1.54) is 6.42 Å². The number of aliphatic carboxylic acids is 1. The molecule has 0 bridgehead atoms. The van der Waals surface area contributed by atoms with Crippen molar-refractivity contribution in [2.45, 2.75) is 59.5 Å². The van der Waals surface area contributed by atoms with Crippen molar-refractivity contribution in [3.63, 3.8) is 0 Å². The second-order valence-electron chi connectivity index (χ2n) is 10.1. The smallest absolute Gasteiger partial charge is 0.339 e. The van der Waals surface area contributed by atoms with E-state index in [0.29, 0.717) is 57.3 Å². The van der Waals surface area contributed by atoms with E-state index in [1.807, 2.05) is 51.1 Å². The highest BCUT2D eigenvalue weighted by atomic mass is 16.5. The fourth-order valence-electron chi connectivity index (χ4n) is 5.04. The van der Waals surface area contributed by atoms with Gasteiger partial charge in [-0.1, -0.05) is 67.3 Å². The molecule has 9 heteroatoms. The van der Waals surface area contributed by atoms with Crippen molar-refractivity contribution < 1.29 is 43.9 Å². The molecule has 0 heterocycles. The summed E-state index contributed by atoms with van der Waals surface area (Å²) in [6.45, 7) is 8.72. The zero-order valence-corrected chi connectivity index (χ0v) is 26.2. The average Bonchev–Trinajstić information content (AvgIpc) is 3.01. The van der Waals surface area contributed by atoms with E-state index in [1.54, 1.807) is 0 Å². The third kappa shape index (κ3) is 14.8. The fourth-order valence-corrected chi connectivity index (χ4v) is 5.04. The molecule has 240 valence electrons. The van der Waals surface area contributed by atoms with E-state index in [0.717, 1.165) is 60.6 Å². The zero-order valence-electron chi connectivity index (χ0n) is 26.2. The number of rotatable bonds is 16. The summed E-state index contributed by atoms with van der Waals surface area (Å²) in [4.78, 5) is 22.2. The van der Waals surface area contributed by atoms with Gasteiger partial charge >= 0.3 is 5.97 Å². The molecule has 3 N–H and O–H groups in total. The number of carboxylic acids is 1.